The summed E-state index contributed by atoms with van der Waals surface area (Å²) >= 11 is 1.81. The maximum absolute atomic E-state index is 4.45. The molecule has 3 unspecified atom stereocenters. The van der Waals surface area contributed by atoms with Crippen molar-refractivity contribution in [3.63, 3.8) is 0 Å². The molecule has 3 atom stereocenters. The topological polar surface area (TPSA) is 24.9 Å². The average Bonchev–Trinajstić information content (AvgIpc) is 2.84. The maximum atomic E-state index is 4.45. The summed E-state index contributed by atoms with van der Waals surface area (Å²) in [6.45, 7) is 5.64. The number of hydrogen-bond donors (Lipinski definition) is 1. The summed E-state index contributed by atoms with van der Waals surface area (Å²) in [6.07, 6.45) is 8.58. The lowest BCUT2D eigenvalue weighted by molar-refractivity contribution is 0.200. The lowest BCUT2D eigenvalue weighted by Gasteiger charge is -2.36. The molecule has 96 valence electrons. The highest BCUT2D eigenvalue weighted by molar-refractivity contribution is 7.09. The van der Waals surface area contributed by atoms with Gasteiger partial charge in [0.05, 0.1) is 5.01 Å². The Morgan fingerprint density at radius 2 is 2.29 bits per heavy atom. The van der Waals surface area contributed by atoms with E-state index in [2.05, 4.69) is 29.5 Å². The zero-order chi connectivity index (χ0) is 12.1. The van der Waals surface area contributed by atoms with E-state index in [9.17, 15) is 0 Å². The number of aromatic nitrogens is 1. The lowest BCUT2D eigenvalue weighted by Crippen LogP contribution is -2.41. The van der Waals surface area contributed by atoms with Crippen molar-refractivity contribution >= 4 is 11.3 Å². The van der Waals surface area contributed by atoms with E-state index < -0.39 is 0 Å². The Bertz CT molecular complexity index is 310. The van der Waals surface area contributed by atoms with Crippen LogP contribution in [0.25, 0.3) is 0 Å². The Morgan fingerprint density at radius 3 is 2.94 bits per heavy atom. The van der Waals surface area contributed by atoms with Crippen molar-refractivity contribution in [2.24, 2.45) is 11.8 Å². The summed E-state index contributed by atoms with van der Waals surface area (Å²) in [5, 5.41) is 7.08. The highest BCUT2D eigenvalue weighted by atomic mass is 32.1. The van der Waals surface area contributed by atoms with E-state index >= 15 is 0 Å². The van der Waals surface area contributed by atoms with Gasteiger partial charge < -0.3 is 5.32 Å². The third kappa shape index (κ3) is 3.52. The molecule has 0 aromatic carbocycles. The van der Waals surface area contributed by atoms with Crippen LogP contribution < -0.4 is 5.32 Å². The summed E-state index contributed by atoms with van der Waals surface area (Å²) in [6, 6.07) is 0.715. The predicted octanol–water partition coefficient (Wildman–Crippen LogP) is 3.49. The molecule has 0 amide bonds. The van der Waals surface area contributed by atoms with Gasteiger partial charge in [0, 0.05) is 24.0 Å². The molecule has 1 aromatic heterocycles. The molecule has 0 spiro atoms. The molecule has 2 rings (SSSR count). The monoisotopic (exact) mass is 252 g/mol. The van der Waals surface area contributed by atoms with E-state index in [1.807, 2.05) is 6.20 Å². The van der Waals surface area contributed by atoms with Crippen molar-refractivity contribution in [1.82, 2.24) is 10.3 Å². The average molecular weight is 252 g/mol. The molecule has 2 nitrogen and oxygen atoms in total. The second kappa shape index (κ2) is 6.50. The van der Waals surface area contributed by atoms with Gasteiger partial charge in [-0.05, 0) is 37.6 Å². The largest absolute Gasteiger partial charge is 0.314 e. The van der Waals surface area contributed by atoms with Crippen molar-refractivity contribution in [2.75, 3.05) is 6.54 Å². The summed E-state index contributed by atoms with van der Waals surface area (Å²) in [5.74, 6) is 1.73. The van der Waals surface area contributed by atoms with Gasteiger partial charge >= 0.3 is 0 Å². The first-order valence-electron chi connectivity index (χ1n) is 6.95. The van der Waals surface area contributed by atoms with E-state index in [1.54, 1.807) is 11.3 Å². The van der Waals surface area contributed by atoms with Crippen molar-refractivity contribution in [2.45, 2.75) is 52.0 Å². The molecule has 3 heteroatoms. The lowest BCUT2D eigenvalue weighted by atomic mass is 9.75. The molecule has 17 heavy (non-hydrogen) atoms. The van der Waals surface area contributed by atoms with Crippen molar-refractivity contribution in [1.29, 1.82) is 0 Å². The van der Waals surface area contributed by atoms with Gasteiger partial charge in [-0.25, -0.2) is 4.98 Å². The molecule has 1 fully saturated rings. The zero-order valence-electron chi connectivity index (χ0n) is 11.0. The van der Waals surface area contributed by atoms with Crippen LogP contribution >= 0.6 is 11.3 Å². The second-order valence-corrected chi connectivity index (χ2v) is 6.12. The molecule has 1 saturated carbocycles. The quantitative estimate of drug-likeness (QED) is 0.867. The summed E-state index contributed by atoms with van der Waals surface area (Å²) < 4.78 is 0. The van der Waals surface area contributed by atoms with E-state index in [-0.39, 0.29) is 0 Å². The first kappa shape index (κ1) is 13.0. The fourth-order valence-electron chi connectivity index (χ4n) is 3.07. The minimum Gasteiger partial charge on any atom is -0.314 e. The molecular formula is C14H24N2S. The fraction of sp³-hybridized carbons (Fsp3) is 0.786. The third-order valence-electron chi connectivity index (χ3n) is 4.05. The zero-order valence-corrected chi connectivity index (χ0v) is 11.8. The van der Waals surface area contributed by atoms with Crippen LogP contribution in [0.2, 0.25) is 0 Å². The third-order valence-corrected chi connectivity index (χ3v) is 4.86. The van der Waals surface area contributed by atoms with E-state index in [0.717, 1.165) is 18.4 Å². The van der Waals surface area contributed by atoms with Gasteiger partial charge in [0.25, 0.3) is 0 Å². The highest BCUT2D eigenvalue weighted by Gasteiger charge is 2.29. The van der Waals surface area contributed by atoms with E-state index in [0.29, 0.717) is 6.04 Å². The molecule has 1 aliphatic rings. The van der Waals surface area contributed by atoms with Gasteiger partial charge in [-0.15, -0.1) is 11.3 Å². The Hall–Kier alpha value is -0.410. The Kier molecular flexibility index (Phi) is 4.99. The minimum atomic E-state index is 0.715. The van der Waals surface area contributed by atoms with Gasteiger partial charge in [0.15, 0.2) is 0 Å². The molecule has 1 aliphatic carbocycles. The molecule has 1 N–H and O–H groups in total. The molecule has 0 aliphatic heterocycles. The molecule has 0 bridgehead atoms. The van der Waals surface area contributed by atoms with Crippen LogP contribution in [0.1, 0.15) is 44.5 Å². The number of nitrogens with one attached hydrogen (secondary N) is 1. The van der Waals surface area contributed by atoms with E-state index in [1.165, 1.54) is 37.1 Å². The minimum absolute atomic E-state index is 0.715. The molecule has 1 aromatic rings. The van der Waals surface area contributed by atoms with Gasteiger partial charge in [-0.1, -0.05) is 20.3 Å². The van der Waals surface area contributed by atoms with Crippen LogP contribution in [0.5, 0.6) is 0 Å². The van der Waals surface area contributed by atoms with Gasteiger partial charge in [-0.3, -0.25) is 0 Å². The molecule has 1 heterocycles. The standard InChI is InChI=1S/C14H24N2S/c1-3-11-5-6-13(15-4-2)12(9-11)10-14-16-7-8-17-14/h7-8,11-13,15H,3-6,9-10H2,1-2H3. The van der Waals surface area contributed by atoms with Gasteiger partial charge in [-0.2, -0.15) is 0 Å². The number of hydrogen-bond acceptors (Lipinski definition) is 3. The van der Waals surface area contributed by atoms with Crippen molar-refractivity contribution in [3.8, 4) is 0 Å². The van der Waals surface area contributed by atoms with Crippen LogP contribution in [0.15, 0.2) is 11.6 Å². The SMILES string of the molecule is CCNC1CCC(CC)CC1Cc1nccs1. The van der Waals surface area contributed by atoms with Crippen LogP contribution in [0.4, 0.5) is 0 Å². The first-order valence-corrected chi connectivity index (χ1v) is 7.83. The smallest absolute Gasteiger partial charge is 0.0928 e. The number of nitrogens with zero attached hydrogens (tertiary/aromatic N) is 1. The maximum Gasteiger partial charge on any atom is 0.0928 e. The second-order valence-electron chi connectivity index (χ2n) is 5.14. The first-order chi connectivity index (χ1) is 8.33. The predicted molar refractivity (Wildman–Crippen MR) is 74.4 cm³/mol. The summed E-state index contributed by atoms with van der Waals surface area (Å²) in [5.41, 5.74) is 0. The highest BCUT2D eigenvalue weighted by Crippen LogP contribution is 2.33. The molecule has 0 radical (unpaired) electrons. The van der Waals surface area contributed by atoms with E-state index in [4.69, 9.17) is 0 Å². The Balaban J connectivity index is 1.97. The van der Waals surface area contributed by atoms with Crippen molar-refractivity contribution in [3.05, 3.63) is 16.6 Å². The Morgan fingerprint density at radius 1 is 1.41 bits per heavy atom. The summed E-state index contributed by atoms with van der Waals surface area (Å²) in [4.78, 5) is 4.45. The van der Waals surface area contributed by atoms with Crippen LogP contribution in [0, 0.1) is 11.8 Å². The van der Waals surface area contributed by atoms with Gasteiger partial charge in [0.1, 0.15) is 0 Å². The number of thiazole rings is 1. The van der Waals surface area contributed by atoms with Crippen LogP contribution in [-0.2, 0) is 6.42 Å². The summed E-state index contributed by atoms with van der Waals surface area (Å²) in [7, 11) is 0. The number of rotatable bonds is 5. The van der Waals surface area contributed by atoms with Crippen LogP contribution in [0.3, 0.4) is 0 Å². The Labute approximate surface area is 109 Å². The van der Waals surface area contributed by atoms with Crippen LogP contribution in [-0.4, -0.2) is 17.6 Å². The fourth-order valence-corrected chi connectivity index (χ4v) is 3.78. The normalized spacial score (nSPS) is 29.4. The van der Waals surface area contributed by atoms with Crippen molar-refractivity contribution < 1.29 is 0 Å². The molecular weight excluding hydrogens is 228 g/mol. The molecule has 0 saturated heterocycles. The van der Waals surface area contributed by atoms with Gasteiger partial charge in [0.2, 0.25) is 0 Å².